The molecule has 9 heteroatoms. The smallest absolute Gasteiger partial charge is 0.253 e. The van der Waals surface area contributed by atoms with E-state index >= 15 is 0 Å². The summed E-state index contributed by atoms with van der Waals surface area (Å²) in [5.41, 5.74) is 1.79. The molecule has 3 aromatic heterocycles. The van der Waals surface area contributed by atoms with E-state index < -0.39 is 0 Å². The molecule has 7 nitrogen and oxygen atoms in total. The van der Waals surface area contributed by atoms with Crippen LogP contribution in [0.1, 0.15) is 15.2 Å². The minimum atomic E-state index is -0.321. The van der Waals surface area contributed by atoms with Crippen LogP contribution in [0.5, 0.6) is 0 Å². The average Bonchev–Trinajstić information content (AvgIpc) is 3.33. The number of nitrogens with one attached hydrogen (secondary N) is 2. The van der Waals surface area contributed by atoms with Crippen molar-refractivity contribution in [2.75, 3.05) is 12.4 Å². The first-order valence-corrected chi connectivity index (χ1v) is 8.95. The Bertz CT molecular complexity index is 1100. The molecule has 1 amide bonds. The lowest BCUT2D eigenvalue weighted by Gasteiger charge is -2.06. The van der Waals surface area contributed by atoms with E-state index in [0.29, 0.717) is 28.7 Å². The predicted octanol–water partition coefficient (Wildman–Crippen LogP) is 2.99. The van der Waals surface area contributed by atoms with E-state index in [4.69, 9.17) is 0 Å². The lowest BCUT2D eigenvalue weighted by molar-refractivity contribution is 0.0952. The number of halogens is 1. The van der Waals surface area contributed by atoms with Crippen LogP contribution in [0.25, 0.3) is 16.6 Å². The normalized spacial score (nSPS) is 10.9. The first-order chi connectivity index (χ1) is 13.2. The molecule has 3 heterocycles. The highest BCUT2D eigenvalue weighted by Gasteiger charge is 2.15. The number of carbonyl (C=O) groups is 1. The van der Waals surface area contributed by atoms with Gasteiger partial charge in [0.05, 0.1) is 35.7 Å². The van der Waals surface area contributed by atoms with Crippen LogP contribution in [0.2, 0.25) is 0 Å². The number of rotatable bonds is 5. The van der Waals surface area contributed by atoms with Crippen molar-refractivity contribution in [2.45, 2.75) is 6.54 Å². The molecule has 0 fully saturated rings. The third-order valence-corrected chi connectivity index (χ3v) is 5.02. The fraction of sp³-hybridized carbons (Fsp3) is 0.111. The fourth-order valence-electron chi connectivity index (χ4n) is 2.68. The number of fused-ring (bicyclic) bond motifs is 1. The van der Waals surface area contributed by atoms with Crippen LogP contribution in [0.15, 0.2) is 49.1 Å². The summed E-state index contributed by atoms with van der Waals surface area (Å²) in [6, 6.07) is 5.97. The molecule has 2 N–H and O–H groups in total. The van der Waals surface area contributed by atoms with Gasteiger partial charge in [-0.15, -0.1) is 11.3 Å². The molecule has 0 saturated heterocycles. The van der Waals surface area contributed by atoms with Gasteiger partial charge in [0, 0.05) is 29.7 Å². The van der Waals surface area contributed by atoms with Crippen LogP contribution in [0.4, 0.5) is 9.52 Å². The zero-order chi connectivity index (χ0) is 18.8. The second-order valence-corrected chi connectivity index (χ2v) is 6.83. The molecule has 0 radical (unpaired) electrons. The summed E-state index contributed by atoms with van der Waals surface area (Å²) in [6.45, 7) is 0.376. The second-order valence-electron chi connectivity index (χ2n) is 5.72. The highest BCUT2D eigenvalue weighted by atomic mass is 32.1. The van der Waals surface area contributed by atoms with Crippen molar-refractivity contribution in [3.63, 3.8) is 0 Å². The number of thiazole rings is 1. The van der Waals surface area contributed by atoms with Gasteiger partial charge in [-0.05, 0) is 24.3 Å². The molecule has 0 unspecified atom stereocenters. The Morgan fingerprint density at radius 2 is 2.00 bits per heavy atom. The van der Waals surface area contributed by atoms with Crippen molar-refractivity contribution in [1.29, 1.82) is 0 Å². The second kappa shape index (κ2) is 7.12. The van der Waals surface area contributed by atoms with Gasteiger partial charge in [-0.2, -0.15) is 5.10 Å². The van der Waals surface area contributed by atoms with E-state index in [1.54, 1.807) is 42.5 Å². The number of nitrogens with zero attached hydrogens (tertiary/aromatic N) is 4. The lowest BCUT2D eigenvalue weighted by atomic mass is 10.2. The van der Waals surface area contributed by atoms with Crippen LogP contribution in [-0.2, 0) is 6.54 Å². The van der Waals surface area contributed by atoms with E-state index in [9.17, 15) is 9.18 Å². The minimum Gasteiger partial charge on any atom is -0.365 e. The topological polar surface area (TPSA) is 84.7 Å². The number of benzene rings is 1. The molecule has 27 heavy (non-hydrogen) atoms. The summed E-state index contributed by atoms with van der Waals surface area (Å²) in [5.74, 6) is -0.566. The first-order valence-electron chi connectivity index (χ1n) is 8.14. The molecule has 4 rings (SSSR count). The van der Waals surface area contributed by atoms with Crippen molar-refractivity contribution in [1.82, 2.24) is 25.1 Å². The van der Waals surface area contributed by atoms with Crippen LogP contribution in [0, 0.1) is 5.82 Å². The molecule has 1 aromatic carbocycles. The van der Waals surface area contributed by atoms with Gasteiger partial charge in [0.25, 0.3) is 5.91 Å². The van der Waals surface area contributed by atoms with Gasteiger partial charge in [0.2, 0.25) is 0 Å². The molecule has 0 aliphatic rings. The molecular formula is C18H15FN6OS. The van der Waals surface area contributed by atoms with Crippen molar-refractivity contribution in [2.24, 2.45) is 0 Å². The van der Waals surface area contributed by atoms with E-state index in [1.807, 2.05) is 0 Å². The minimum absolute atomic E-state index is 0.244. The Morgan fingerprint density at radius 1 is 1.19 bits per heavy atom. The van der Waals surface area contributed by atoms with Gasteiger partial charge in [-0.1, -0.05) is 0 Å². The van der Waals surface area contributed by atoms with Crippen molar-refractivity contribution < 1.29 is 9.18 Å². The standard InChI is InChI=1S/C18H15FN6OS/c1-20-18-23-7-13(27-18)6-22-17(26)15-8-21-10-16-14(15)9-24-25(16)12-4-2-11(19)3-5-12/h2-5,7-10H,6H2,1H3,(H,20,23)(H,22,26). The van der Waals surface area contributed by atoms with Gasteiger partial charge < -0.3 is 10.6 Å². The van der Waals surface area contributed by atoms with Crippen LogP contribution < -0.4 is 10.6 Å². The predicted molar refractivity (Wildman–Crippen MR) is 102 cm³/mol. The van der Waals surface area contributed by atoms with E-state index in [1.165, 1.54) is 29.7 Å². The van der Waals surface area contributed by atoms with Gasteiger partial charge in [-0.25, -0.2) is 14.1 Å². The Hall–Kier alpha value is -3.33. The molecule has 0 bridgehead atoms. The zero-order valence-electron chi connectivity index (χ0n) is 14.3. The summed E-state index contributed by atoms with van der Waals surface area (Å²) in [7, 11) is 1.80. The monoisotopic (exact) mass is 382 g/mol. The Kier molecular flexibility index (Phi) is 4.51. The number of carbonyl (C=O) groups excluding carboxylic acids is 1. The van der Waals surface area contributed by atoms with Crippen molar-refractivity contribution in [3.8, 4) is 5.69 Å². The van der Waals surface area contributed by atoms with Crippen LogP contribution in [0.3, 0.4) is 0 Å². The zero-order valence-corrected chi connectivity index (χ0v) is 15.1. The van der Waals surface area contributed by atoms with Crippen LogP contribution >= 0.6 is 11.3 Å². The molecular weight excluding hydrogens is 367 g/mol. The maximum Gasteiger partial charge on any atom is 0.253 e. The number of hydrogen-bond acceptors (Lipinski definition) is 6. The summed E-state index contributed by atoms with van der Waals surface area (Å²) in [6.07, 6.45) is 6.48. The number of anilines is 1. The fourth-order valence-corrected chi connectivity index (χ4v) is 3.38. The molecule has 0 atom stereocenters. The summed E-state index contributed by atoms with van der Waals surface area (Å²) in [4.78, 5) is 21.9. The van der Waals surface area contributed by atoms with E-state index in [2.05, 4.69) is 25.7 Å². The third-order valence-electron chi connectivity index (χ3n) is 4.00. The number of pyridine rings is 1. The van der Waals surface area contributed by atoms with E-state index in [0.717, 1.165) is 10.0 Å². The first kappa shape index (κ1) is 17.1. The molecule has 0 saturated carbocycles. The Balaban J connectivity index is 1.60. The maximum atomic E-state index is 13.2. The van der Waals surface area contributed by atoms with E-state index in [-0.39, 0.29) is 11.7 Å². The van der Waals surface area contributed by atoms with Gasteiger partial charge in [0.1, 0.15) is 5.82 Å². The molecule has 0 aliphatic heterocycles. The van der Waals surface area contributed by atoms with Crippen molar-refractivity contribution in [3.05, 3.63) is 65.3 Å². The average molecular weight is 382 g/mol. The molecule has 0 aliphatic carbocycles. The third kappa shape index (κ3) is 3.36. The summed E-state index contributed by atoms with van der Waals surface area (Å²) < 4.78 is 14.8. The molecule has 136 valence electrons. The van der Waals surface area contributed by atoms with Gasteiger partial charge in [0.15, 0.2) is 5.13 Å². The SMILES string of the molecule is CNc1ncc(CNC(=O)c2cncc3c2cnn3-c2ccc(F)cc2)s1. The van der Waals surface area contributed by atoms with Gasteiger partial charge in [-0.3, -0.25) is 9.78 Å². The van der Waals surface area contributed by atoms with Crippen LogP contribution in [-0.4, -0.2) is 32.7 Å². The number of aromatic nitrogens is 4. The lowest BCUT2D eigenvalue weighted by Crippen LogP contribution is -2.22. The Morgan fingerprint density at radius 3 is 2.74 bits per heavy atom. The van der Waals surface area contributed by atoms with Gasteiger partial charge >= 0.3 is 0 Å². The summed E-state index contributed by atoms with van der Waals surface area (Å²) in [5, 5.41) is 11.6. The Labute approximate surface area is 157 Å². The highest BCUT2D eigenvalue weighted by Crippen LogP contribution is 2.21. The maximum absolute atomic E-state index is 13.2. The largest absolute Gasteiger partial charge is 0.365 e. The quantitative estimate of drug-likeness (QED) is 0.554. The number of hydrogen-bond donors (Lipinski definition) is 2. The number of amides is 1. The highest BCUT2D eigenvalue weighted by molar-refractivity contribution is 7.15. The summed E-state index contributed by atoms with van der Waals surface area (Å²) >= 11 is 1.48. The van der Waals surface area contributed by atoms with Crippen molar-refractivity contribution >= 4 is 33.3 Å². The molecule has 4 aromatic rings. The molecule has 0 spiro atoms.